The van der Waals surface area contributed by atoms with E-state index >= 15 is 0 Å². The van der Waals surface area contributed by atoms with Crippen LogP contribution in [0.15, 0.2) is 0 Å². The average molecular weight is 294 g/mol. The molecule has 0 aromatic carbocycles. The molecule has 0 aliphatic carbocycles. The molecule has 1 heterocycles. The molecular weight excluding hydrogens is 270 g/mol. The maximum atomic E-state index is 11.6. The minimum Gasteiger partial charge on any atom is -0.375 e. The Morgan fingerprint density at radius 3 is 2.53 bits per heavy atom. The molecule has 1 aliphatic rings. The quantitative estimate of drug-likeness (QED) is 0.672. The lowest BCUT2D eigenvalue weighted by Crippen LogP contribution is -2.47. The number of rotatable bonds is 4. The van der Waals surface area contributed by atoms with Gasteiger partial charge in [0.05, 0.1) is 25.7 Å². The van der Waals surface area contributed by atoms with E-state index in [1.807, 2.05) is 20.8 Å². The second-order valence-corrected chi connectivity index (χ2v) is 5.48. The van der Waals surface area contributed by atoms with Crippen LogP contribution < -0.4 is 16.0 Å². The first-order valence-electron chi connectivity index (χ1n) is 6.27. The summed E-state index contributed by atoms with van der Waals surface area (Å²) in [5.74, 6) is -0.341. The molecule has 0 aromatic heterocycles. The maximum Gasteiger partial charge on any atom is 0.239 e. The number of halogens is 1. The van der Waals surface area contributed by atoms with Crippen LogP contribution in [0.2, 0.25) is 0 Å². The molecule has 1 aliphatic heterocycles. The van der Waals surface area contributed by atoms with Gasteiger partial charge in [-0.15, -0.1) is 12.4 Å². The molecule has 0 saturated carbocycles. The summed E-state index contributed by atoms with van der Waals surface area (Å²) in [6.45, 7) is 7.84. The first kappa shape index (κ1) is 18.1. The zero-order valence-electron chi connectivity index (χ0n) is 11.7. The van der Waals surface area contributed by atoms with Crippen molar-refractivity contribution in [2.24, 2.45) is 0 Å². The van der Waals surface area contributed by atoms with Crippen molar-refractivity contribution < 1.29 is 14.3 Å². The fraction of sp³-hybridized carbons (Fsp3) is 0.833. The number of hydrogen-bond donors (Lipinski definition) is 3. The van der Waals surface area contributed by atoms with Crippen LogP contribution >= 0.6 is 12.4 Å². The van der Waals surface area contributed by atoms with E-state index in [-0.39, 0.29) is 48.8 Å². The van der Waals surface area contributed by atoms with Gasteiger partial charge in [0.25, 0.3) is 0 Å². The van der Waals surface area contributed by atoms with E-state index in [0.29, 0.717) is 13.2 Å². The number of carbonyl (C=O) groups is 2. The van der Waals surface area contributed by atoms with E-state index in [1.54, 1.807) is 0 Å². The summed E-state index contributed by atoms with van der Waals surface area (Å²) in [5.41, 5.74) is -0.280. The van der Waals surface area contributed by atoms with Crippen molar-refractivity contribution in [1.82, 2.24) is 16.0 Å². The second kappa shape index (κ2) is 8.35. The van der Waals surface area contributed by atoms with E-state index in [4.69, 9.17) is 4.74 Å². The molecule has 112 valence electrons. The van der Waals surface area contributed by atoms with Gasteiger partial charge in [-0.3, -0.25) is 9.59 Å². The van der Waals surface area contributed by atoms with Crippen LogP contribution in [0.5, 0.6) is 0 Å². The zero-order valence-corrected chi connectivity index (χ0v) is 12.6. The van der Waals surface area contributed by atoms with Crippen molar-refractivity contribution in [1.29, 1.82) is 0 Å². The van der Waals surface area contributed by atoms with Crippen molar-refractivity contribution in [3.8, 4) is 0 Å². The van der Waals surface area contributed by atoms with Gasteiger partial charge in [0.15, 0.2) is 0 Å². The van der Waals surface area contributed by atoms with Gasteiger partial charge in [0.1, 0.15) is 0 Å². The number of nitrogens with one attached hydrogen (secondary N) is 3. The molecule has 1 rings (SSSR count). The van der Waals surface area contributed by atoms with Crippen molar-refractivity contribution in [3.05, 3.63) is 0 Å². The predicted octanol–water partition coefficient (Wildman–Crippen LogP) is -0.182. The third kappa shape index (κ3) is 8.80. The van der Waals surface area contributed by atoms with Crippen LogP contribution in [0.3, 0.4) is 0 Å². The van der Waals surface area contributed by atoms with Crippen molar-refractivity contribution >= 4 is 24.2 Å². The first-order valence-corrected chi connectivity index (χ1v) is 6.27. The Labute approximate surface area is 120 Å². The Morgan fingerprint density at radius 1 is 1.32 bits per heavy atom. The molecule has 0 aromatic rings. The van der Waals surface area contributed by atoms with E-state index in [0.717, 1.165) is 6.54 Å². The van der Waals surface area contributed by atoms with Crippen LogP contribution in [0, 0.1) is 0 Å². The smallest absolute Gasteiger partial charge is 0.239 e. The normalized spacial score (nSPS) is 19.2. The Kier molecular flexibility index (Phi) is 7.97. The third-order valence-corrected chi connectivity index (χ3v) is 2.38. The van der Waals surface area contributed by atoms with E-state index in [2.05, 4.69) is 16.0 Å². The summed E-state index contributed by atoms with van der Waals surface area (Å²) >= 11 is 0. The molecule has 6 nitrogen and oxygen atoms in total. The molecule has 3 N–H and O–H groups in total. The van der Waals surface area contributed by atoms with Gasteiger partial charge in [0, 0.05) is 18.6 Å². The fourth-order valence-corrected chi connectivity index (χ4v) is 1.67. The Hall–Kier alpha value is -0.850. The molecule has 1 atom stereocenters. The largest absolute Gasteiger partial charge is 0.375 e. The van der Waals surface area contributed by atoms with Crippen LogP contribution in [0.4, 0.5) is 0 Å². The molecule has 1 saturated heterocycles. The number of carbonyl (C=O) groups excluding carboxylic acids is 2. The Bertz CT molecular complexity index is 299. The van der Waals surface area contributed by atoms with Gasteiger partial charge >= 0.3 is 0 Å². The van der Waals surface area contributed by atoms with Gasteiger partial charge in [-0.1, -0.05) is 0 Å². The van der Waals surface area contributed by atoms with Crippen LogP contribution in [0.25, 0.3) is 0 Å². The van der Waals surface area contributed by atoms with Gasteiger partial charge in [-0.05, 0) is 20.8 Å². The van der Waals surface area contributed by atoms with Crippen LogP contribution in [-0.4, -0.2) is 49.7 Å². The molecule has 19 heavy (non-hydrogen) atoms. The summed E-state index contributed by atoms with van der Waals surface area (Å²) in [5, 5.41) is 8.53. The summed E-state index contributed by atoms with van der Waals surface area (Å²) in [6.07, 6.45) is 0.194. The highest BCUT2D eigenvalue weighted by atomic mass is 35.5. The minimum atomic E-state index is -0.280. The van der Waals surface area contributed by atoms with Crippen molar-refractivity contribution in [2.75, 3.05) is 26.2 Å². The topological polar surface area (TPSA) is 79.5 Å². The van der Waals surface area contributed by atoms with Gasteiger partial charge in [0.2, 0.25) is 11.8 Å². The standard InChI is InChI=1S/C12H23N3O3.ClH/c1-12(2,3)15-11(17)8-14-10(16)6-9-7-13-4-5-18-9;/h9,13H,4-8H2,1-3H3,(H,14,16)(H,15,17);1H. The predicted molar refractivity (Wildman–Crippen MR) is 75.4 cm³/mol. The maximum absolute atomic E-state index is 11.6. The van der Waals surface area contributed by atoms with E-state index in [1.165, 1.54) is 0 Å². The zero-order chi connectivity index (χ0) is 13.6. The molecular formula is C12H24ClN3O3. The molecule has 0 bridgehead atoms. The summed E-state index contributed by atoms with van der Waals surface area (Å²) in [7, 11) is 0. The molecule has 1 fully saturated rings. The summed E-state index contributed by atoms with van der Waals surface area (Å²) < 4.78 is 5.41. The van der Waals surface area contributed by atoms with Gasteiger partial charge in [-0.25, -0.2) is 0 Å². The lowest BCUT2D eigenvalue weighted by molar-refractivity contribution is -0.128. The monoisotopic (exact) mass is 293 g/mol. The number of ether oxygens (including phenoxy) is 1. The molecule has 1 unspecified atom stereocenters. The minimum absolute atomic E-state index is 0. The summed E-state index contributed by atoms with van der Waals surface area (Å²) in [4.78, 5) is 23.1. The highest BCUT2D eigenvalue weighted by Gasteiger charge is 2.18. The lowest BCUT2D eigenvalue weighted by atomic mass is 10.1. The average Bonchev–Trinajstić information content (AvgIpc) is 2.25. The third-order valence-electron chi connectivity index (χ3n) is 2.38. The van der Waals surface area contributed by atoms with E-state index in [9.17, 15) is 9.59 Å². The SMILES string of the molecule is CC(C)(C)NC(=O)CNC(=O)CC1CNCCO1.Cl. The highest BCUT2D eigenvalue weighted by Crippen LogP contribution is 2.01. The van der Waals surface area contributed by atoms with Crippen LogP contribution in [-0.2, 0) is 14.3 Å². The highest BCUT2D eigenvalue weighted by molar-refractivity contribution is 5.85. The van der Waals surface area contributed by atoms with E-state index < -0.39 is 0 Å². The Morgan fingerprint density at radius 2 is 2.00 bits per heavy atom. The van der Waals surface area contributed by atoms with Crippen LogP contribution in [0.1, 0.15) is 27.2 Å². The molecule has 2 amide bonds. The number of morpholine rings is 1. The molecule has 0 radical (unpaired) electrons. The fourth-order valence-electron chi connectivity index (χ4n) is 1.67. The number of amides is 2. The van der Waals surface area contributed by atoms with Crippen molar-refractivity contribution in [2.45, 2.75) is 38.8 Å². The lowest BCUT2D eigenvalue weighted by Gasteiger charge is -2.23. The molecule has 0 spiro atoms. The molecule has 7 heteroatoms. The second-order valence-electron chi connectivity index (χ2n) is 5.48. The van der Waals surface area contributed by atoms with Gasteiger partial charge < -0.3 is 20.7 Å². The summed E-state index contributed by atoms with van der Waals surface area (Å²) in [6, 6.07) is 0. The number of hydrogen-bond acceptors (Lipinski definition) is 4. The first-order chi connectivity index (χ1) is 8.37. The van der Waals surface area contributed by atoms with Crippen molar-refractivity contribution in [3.63, 3.8) is 0 Å². The Balaban J connectivity index is 0.00000324. The van der Waals surface area contributed by atoms with Gasteiger partial charge in [-0.2, -0.15) is 0 Å².